The molecule has 7 atom stereocenters. The van der Waals surface area contributed by atoms with Gasteiger partial charge in [0.25, 0.3) is 0 Å². The van der Waals surface area contributed by atoms with Crippen LogP contribution in [0.2, 0.25) is 0 Å². The zero-order chi connectivity index (χ0) is 66.6. The summed E-state index contributed by atoms with van der Waals surface area (Å²) in [5, 5.41) is 10.6. The number of ether oxygens (including phenoxy) is 4. The fourth-order valence-corrected chi connectivity index (χ4v) is 11.7. The molecule has 19 heteroatoms. The zero-order valence-corrected chi connectivity index (χ0v) is 59.9. The number of rotatable bonds is 67. The monoisotopic (exact) mass is 1320 g/mol. The average Bonchev–Trinajstić information content (AvgIpc) is 3.70. The Morgan fingerprint density at radius 2 is 0.656 bits per heavy atom. The molecule has 0 saturated heterocycles. The molecule has 0 fully saturated rings. The molecule has 0 radical (unpaired) electrons. The number of hydrogen-bond donors (Lipinski definition) is 3. The minimum atomic E-state index is -4.96. The molecule has 3 N–H and O–H groups in total. The molecular weight excluding hydrogens is 1190 g/mol. The predicted octanol–water partition coefficient (Wildman–Crippen LogP) is 19.8. The minimum absolute atomic E-state index is 0.0843. The lowest BCUT2D eigenvalue weighted by molar-refractivity contribution is -0.161. The Bertz CT molecular complexity index is 1860. The maximum atomic E-state index is 13.0. The van der Waals surface area contributed by atoms with Crippen LogP contribution in [-0.2, 0) is 65.4 Å². The molecule has 90 heavy (non-hydrogen) atoms. The van der Waals surface area contributed by atoms with Gasteiger partial charge in [-0.3, -0.25) is 37.3 Å². The first-order valence-electron chi connectivity index (χ1n) is 36.2. The van der Waals surface area contributed by atoms with Crippen LogP contribution in [0.25, 0.3) is 0 Å². The van der Waals surface area contributed by atoms with Gasteiger partial charge >= 0.3 is 39.5 Å². The molecule has 0 saturated carbocycles. The molecular formula is C71H134O17P2. The van der Waals surface area contributed by atoms with E-state index in [-0.39, 0.29) is 25.7 Å². The molecule has 0 heterocycles. The van der Waals surface area contributed by atoms with Crippen LogP contribution in [0, 0.1) is 17.8 Å². The Kier molecular flexibility index (Phi) is 59.7. The van der Waals surface area contributed by atoms with Crippen LogP contribution in [0.15, 0.2) is 24.3 Å². The highest BCUT2D eigenvalue weighted by atomic mass is 31.2. The lowest BCUT2D eigenvalue weighted by Crippen LogP contribution is -2.30. The number of esters is 4. The number of allylic oxidation sites excluding steroid dienone is 4. The van der Waals surface area contributed by atoms with Crippen LogP contribution in [0.5, 0.6) is 0 Å². The molecule has 0 aromatic rings. The summed E-state index contributed by atoms with van der Waals surface area (Å²) in [4.78, 5) is 72.5. The number of aliphatic hydroxyl groups excluding tert-OH is 1. The highest BCUT2D eigenvalue weighted by Crippen LogP contribution is 2.45. The van der Waals surface area contributed by atoms with Crippen LogP contribution in [-0.4, -0.2) is 96.7 Å². The second kappa shape index (κ2) is 61.4. The largest absolute Gasteiger partial charge is 0.472 e. The lowest BCUT2D eigenvalue weighted by Gasteiger charge is -2.21. The third-order valence-electron chi connectivity index (χ3n) is 16.5. The van der Waals surface area contributed by atoms with E-state index in [1.807, 2.05) is 0 Å². The summed E-state index contributed by atoms with van der Waals surface area (Å²) >= 11 is 0. The van der Waals surface area contributed by atoms with E-state index >= 15 is 0 Å². The van der Waals surface area contributed by atoms with Gasteiger partial charge in [0.1, 0.15) is 19.3 Å². The van der Waals surface area contributed by atoms with Crippen molar-refractivity contribution in [3.8, 4) is 0 Å². The summed E-state index contributed by atoms with van der Waals surface area (Å²) in [5.41, 5.74) is 0. The van der Waals surface area contributed by atoms with Gasteiger partial charge in [-0.05, 0) is 69.1 Å². The van der Waals surface area contributed by atoms with E-state index in [1.54, 1.807) is 0 Å². The summed E-state index contributed by atoms with van der Waals surface area (Å²) in [6, 6.07) is 0. The van der Waals surface area contributed by atoms with Crippen molar-refractivity contribution >= 4 is 39.5 Å². The topological polar surface area (TPSA) is 237 Å². The molecule has 0 spiro atoms. The standard InChI is InChI=1S/C71H134O17P2/c1-8-11-12-13-14-15-16-17-18-19-20-25-31-40-47-54-70(75)87-66(58-81-68(73)52-45-38-30-24-22-21-23-28-36-43-50-63(6)9-2)60-85-89(77,78)83-56-65(72)57-84-90(79,80)86-61-67(59-82-69(74)53-46-39-34-33-35-42-49-62(4)5)88-71(76)55-48-41-32-27-26-29-37-44-51-64(7)10-3/h15-18,62-67,72H,8-14,19-61H2,1-7H3,(H,77,78)(H,79,80)/b16-15-,18-17-/t63?,64?,65-,66-,67-/m1/s1. The Balaban J connectivity index is 5.30. The van der Waals surface area contributed by atoms with Crippen LogP contribution in [0.4, 0.5) is 0 Å². The van der Waals surface area contributed by atoms with Crippen LogP contribution < -0.4 is 0 Å². The summed E-state index contributed by atoms with van der Waals surface area (Å²) in [7, 11) is -9.92. The second-order valence-electron chi connectivity index (χ2n) is 25.9. The summed E-state index contributed by atoms with van der Waals surface area (Å²) in [6.07, 6.45) is 48.0. The van der Waals surface area contributed by atoms with Crippen molar-refractivity contribution in [3.05, 3.63) is 24.3 Å². The molecule has 0 amide bonds. The maximum absolute atomic E-state index is 13.0. The third kappa shape index (κ3) is 61.7. The molecule has 0 bridgehead atoms. The Morgan fingerprint density at radius 3 is 0.989 bits per heavy atom. The molecule has 0 aromatic heterocycles. The maximum Gasteiger partial charge on any atom is 0.472 e. The highest BCUT2D eigenvalue weighted by molar-refractivity contribution is 7.47. The van der Waals surface area contributed by atoms with E-state index in [0.29, 0.717) is 31.6 Å². The van der Waals surface area contributed by atoms with Crippen LogP contribution >= 0.6 is 15.6 Å². The van der Waals surface area contributed by atoms with E-state index in [1.165, 1.54) is 122 Å². The van der Waals surface area contributed by atoms with Crippen molar-refractivity contribution in [1.29, 1.82) is 0 Å². The van der Waals surface area contributed by atoms with Gasteiger partial charge < -0.3 is 33.8 Å². The number of phosphoric ester groups is 2. The number of unbranched alkanes of at least 4 members (excludes halogenated alkanes) is 30. The number of phosphoric acid groups is 2. The van der Waals surface area contributed by atoms with E-state index in [0.717, 1.165) is 121 Å². The molecule has 0 aliphatic heterocycles. The first-order chi connectivity index (χ1) is 43.3. The van der Waals surface area contributed by atoms with E-state index in [2.05, 4.69) is 72.8 Å². The van der Waals surface area contributed by atoms with Gasteiger partial charge in [0.2, 0.25) is 0 Å². The van der Waals surface area contributed by atoms with Crippen LogP contribution in [0.3, 0.4) is 0 Å². The van der Waals surface area contributed by atoms with Gasteiger partial charge in [-0.1, -0.05) is 278 Å². The zero-order valence-electron chi connectivity index (χ0n) is 58.1. The quantitative estimate of drug-likeness (QED) is 0.0169. The Morgan fingerprint density at radius 1 is 0.367 bits per heavy atom. The van der Waals surface area contributed by atoms with Crippen molar-refractivity contribution in [2.75, 3.05) is 39.6 Å². The molecule has 0 rings (SSSR count). The van der Waals surface area contributed by atoms with Crippen LogP contribution in [0.1, 0.15) is 331 Å². The lowest BCUT2D eigenvalue weighted by atomic mass is 9.99. The van der Waals surface area contributed by atoms with Crippen molar-refractivity contribution in [1.82, 2.24) is 0 Å². The fourth-order valence-electron chi connectivity index (χ4n) is 10.1. The number of hydrogen-bond acceptors (Lipinski definition) is 15. The summed E-state index contributed by atoms with van der Waals surface area (Å²) < 4.78 is 68.2. The van der Waals surface area contributed by atoms with Crippen molar-refractivity contribution in [2.24, 2.45) is 17.8 Å². The van der Waals surface area contributed by atoms with Gasteiger partial charge in [0.05, 0.1) is 26.4 Å². The first kappa shape index (κ1) is 87.5. The minimum Gasteiger partial charge on any atom is -0.462 e. The molecule has 0 aliphatic carbocycles. The van der Waals surface area contributed by atoms with Gasteiger partial charge in [0.15, 0.2) is 12.2 Å². The SMILES string of the molecule is CCCCCC/C=C\C=C/CCCCCCCC(=O)O[C@H](COC(=O)CCCCCCCCCCCCC(C)CC)COP(=O)(O)OC[C@@H](O)COP(=O)(O)OC[C@@H](COC(=O)CCCCCCCCC(C)C)OC(=O)CCCCCCCCCCC(C)CC. The average molecular weight is 1320 g/mol. The molecule has 4 unspecified atom stereocenters. The summed E-state index contributed by atoms with van der Waals surface area (Å²) in [5.74, 6) is 0.0935. The van der Waals surface area contributed by atoms with Gasteiger partial charge in [0, 0.05) is 25.7 Å². The smallest absolute Gasteiger partial charge is 0.462 e. The number of aliphatic hydroxyl groups is 1. The van der Waals surface area contributed by atoms with Crippen molar-refractivity contribution in [3.63, 3.8) is 0 Å². The normalized spacial score (nSPS) is 15.0. The van der Waals surface area contributed by atoms with Gasteiger partial charge in [-0.25, -0.2) is 9.13 Å². The fraction of sp³-hybridized carbons (Fsp3) is 0.887. The first-order valence-corrected chi connectivity index (χ1v) is 39.2. The molecule has 17 nitrogen and oxygen atoms in total. The number of carbonyl (C=O) groups is 4. The third-order valence-corrected chi connectivity index (χ3v) is 18.4. The summed E-state index contributed by atoms with van der Waals surface area (Å²) in [6.45, 7) is 11.7. The van der Waals surface area contributed by atoms with E-state index in [4.69, 9.17) is 37.0 Å². The van der Waals surface area contributed by atoms with Crippen molar-refractivity contribution in [2.45, 2.75) is 349 Å². The molecule has 530 valence electrons. The second-order valence-corrected chi connectivity index (χ2v) is 28.8. The molecule has 0 aliphatic rings. The van der Waals surface area contributed by atoms with Crippen molar-refractivity contribution < 1.29 is 80.2 Å². The Labute approximate surface area is 548 Å². The van der Waals surface area contributed by atoms with Gasteiger partial charge in [-0.15, -0.1) is 0 Å². The highest BCUT2D eigenvalue weighted by Gasteiger charge is 2.30. The van der Waals surface area contributed by atoms with E-state index < -0.39 is 97.5 Å². The van der Waals surface area contributed by atoms with Gasteiger partial charge in [-0.2, -0.15) is 0 Å². The Hall–Kier alpha value is -2.46. The number of carbonyl (C=O) groups excluding carboxylic acids is 4. The van der Waals surface area contributed by atoms with E-state index in [9.17, 15) is 43.2 Å². The molecule has 0 aromatic carbocycles. The predicted molar refractivity (Wildman–Crippen MR) is 363 cm³/mol.